The Morgan fingerprint density at radius 1 is 1.27 bits per heavy atom. The number of hydrogen-bond acceptors (Lipinski definition) is 4. The minimum atomic E-state index is -0.0494. The van der Waals surface area contributed by atoms with Gasteiger partial charge in [0.05, 0.1) is 12.3 Å². The number of hydrogen-bond donors (Lipinski definition) is 1. The van der Waals surface area contributed by atoms with Gasteiger partial charge < -0.3 is 10.1 Å². The van der Waals surface area contributed by atoms with E-state index >= 15 is 0 Å². The maximum absolute atomic E-state index is 12.6. The molecule has 1 aliphatic carbocycles. The zero-order valence-electron chi connectivity index (χ0n) is 18.9. The third kappa shape index (κ3) is 6.07. The lowest BCUT2D eigenvalue weighted by Crippen LogP contribution is -2.18. The molecule has 0 aromatic carbocycles. The van der Waals surface area contributed by atoms with E-state index in [2.05, 4.69) is 40.9 Å². The van der Waals surface area contributed by atoms with Crippen molar-refractivity contribution < 1.29 is 9.53 Å². The lowest BCUT2D eigenvalue weighted by Gasteiger charge is -2.22. The molecule has 0 radical (unpaired) electrons. The molecule has 0 saturated heterocycles. The summed E-state index contributed by atoms with van der Waals surface area (Å²) in [4.78, 5) is 17.0. The number of aryl methyl sites for hydroxylation is 1. The number of rotatable bonds is 9. The Balaban J connectivity index is 1.56. The van der Waals surface area contributed by atoms with E-state index in [0.29, 0.717) is 42.9 Å². The van der Waals surface area contributed by atoms with Crippen LogP contribution in [0.4, 0.5) is 5.82 Å². The predicted octanol–water partition coefficient (Wildman–Crippen LogP) is 5.08. The van der Waals surface area contributed by atoms with Gasteiger partial charge in [-0.05, 0) is 62.6 Å². The second-order valence-electron chi connectivity index (χ2n) is 8.94. The van der Waals surface area contributed by atoms with Crippen molar-refractivity contribution in [2.75, 3.05) is 11.9 Å². The zero-order valence-corrected chi connectivity index (χ0v) is 18.9. The molecule has 2 heterocycles. The molecule has 2 aromatic rings. The second kappa shape index (κ2) is 10.6. The van der Waals surface area contributed by atoms with Crippen LogP contribution in [0.15, 0.2) is 18.3 Å². The third-order valence-electron chi connectivity index (χ3n) is 5.90. The predicted molar refractivity (Wildman–Crippen MR) is 120 cm³/mol. The molecule has 1 saturated carbocycles. The van der Waals surface area contributed by atoms with E-state index in [1.165, 1.54) is 37.7 Å². The third-order valence-corrected chi connectivity index (χ3v) is 5.90. The van der Waals surface area contributed by atoms with Crippen LogP contribution in [0.1, 0.15) is 69.3 Å². The van der Waals surface area contributed by atoms with E-state index in [1.54, 1.807) is 6.20 Å². The highest BCUT2D eigenvalue weighted by Crippen LogP contribution is 2.27. The van der Waals surface area contributed by atoms with Gasteiger partial charge >= 0.3 is 0 Å². The monoisotopic (exact) mass is 412 g/mol. The molecule has 2 aromatic heterocycles. The number of amides is 1. The van der Waals surface area contributed by atoms with Crippen LogP contribution >= 0.6 is 0 Å². The van der Waals surface area contributed by atoms with Gasteiger partial charge in [-0.1, -0.05) is 33.1 Å². The number of ether oxygens (including phenoxy) is 1. The summed E-state index contributed by atoms with van der Waals surface area (Å²) in [6.07, 6.45) is 9.12. The highest BCUT2D eigenvalue weighted by Gasteiger charge is 2.17. The summed E-state index contributed by atoms with van der Waals surface area (Å²) in [7, 11) is 0. The highest BCUT2D eigenvalue weighted by molar-refractivity contribution is 5.91. The first-order valence-corrected chi connectivity index (χ1v) is 11.3. The molecular weight excluding hydrogens is 376 g/mol. The van der Waals surface area contributed by atoms with E-state index < -0.39 is 0 Å². The van der Waals surface area contributed by atoms with Gasteiger partial charge in [0, 0.05) is 24.9 Å². The summed E-state index contributed by atoms with van der Waals surface area (Å²) in [5.41, 5.74) is 3.33. The quantitative estimate of drug-likeness (QED) is 0.623. The summed E-state index contributed by atoms with van der Waals surface area (Å²) >= 11 is 0. The fourth-order valence-corrected chi connectivity index (χ4v) is 4.21. The standard InChI is InChI=1S/C24H36N4O2/c1-17(2)15-28-19(4)21(18(3)27-28)12-13-23(29)26-24-22(11-8-14-25-24)30-16-20-9-6-5-7-10-20/h8,11,14,17,20H,5-7,9-10,12-13,15-16H2,1-4H3,(H,25,26,29). The van der Waals surface area contributed by atoms with E-state index in [9.17, 15) is 4.79 Å². The summed E-state index contributed by atoms with van der Waals surface area (Å²) < 4.78 is 8.09. The lowest BCUT2D eigenvalue weighted by atomic mass is 9.90. The fourth-order valence-electron chi connectivity index (χ4n) is 4.21. The zero-order chi connectivity index (χ0) is 21.5. The minimum absolute atomic E-state index is 0.0494. The smallest absolute Gasteiger partial charge is 0.225 e. The van der Waals surface area contributed by atoms with Gasteiger partial charge in [0.2, 0.25) is 5.91 Å². The Kier molecular flexibility index (Phi) is 7.88. The first-order chi connectivity index (χ1) is 14.4. The molecule has 0 unspecified atom stereocenters. The first kappa shape index (κ1) is 22.3. The number of nitrogens with zero attached hydrogens (tertiary/aromatic N) is 3. The molecule has 0 spiro atoms. The molecule has 0 atom stereocenters. The molecule has 0 bridgehead atoms. The molecule has 164 valence electrons. The molecule has 6 heteroatoms. The molecule has 3 rings (SSSR count). The maximum atomic E-state index is 12.6. The average Bonchev–Trinajstić information content (AvgIpc) is 2.98. The highest BCUT2D eigenvalue weighted by atomic mass is 16.5. The van der Waals surface area contributed by atoms with Crippen LogP contribution in [0.25, 0.3) is 0 Å². The fraction of sp³-hybridized carbons (Fsp3) is 0.625. The van der Waals surface area contributed by atoms with Gasteiger partial charge in [-0.3, -0.25) is 9.48 Å². The van der Waals surface area contributed by atoms with Gasteiger partial charge in [0.1, 0.15) is 0 Å². The van der Waals surface area contributed by atoms with Crippen LogP contribution in [0.5, 0.6) is 5.75 Å². The van der Waals surface area contributed by atoms with Crippen molar-refractivity contribution in [1.82, 2.24) is 14.8 Å². The van der Waals surface area contributed by atoms with E-state index in [1.807, 2.05) is 19.1 Å². The van der Waals surface area contributed by atoms with Crippen molar-refractivity contribution in [3.05, 3.63) is 35.3 Å². The molecule has 30 heavy (non-hydrogen) atoms. The molecule has 1 fully saturated rings. The number of anilines is 1. The number of carbonyl (C=O) groups is 1. The van der Waals surface area contributed by atoms with Crippen molar-refractivity contribution in [3.63, 3.8) is 0 Å². The van der Waals surface area contributed by atoms with Crippen molar-refractivity contribution in [2.45, 2.75) is 79.2 Å². The summed E-state index contributed by atoms with van der Waals surface area (Å²) in [5.74, 6) is 2.27. The van der Waals surface area contributed by atoms with Crippen LogP contribution in [-0.2, 0) is 17.8 Å². The summed E-state index contributed by atoms with van der Waals surface area (Å²) in [6, 6.07) is 3.73. The van der Waals surface area contributed by atoms with Crippen LogP contribution in [0, 0.1) is 25.7 Å². The normalized spacial score (nSPS) is 14.8. The molecule has 1 amide bonds. The van der Waals surface area contributed by atoms with Crippen LogP contribution in [-0.4, -0.2) is 27.3 Å². The Morgan fingerprint density at radius 2 is 2.03 bits per heavy atom. The van der Waals surface area contributed by atoms with Gasteiger partial charge in [0.25, 0.3) is 0 Å². The van der Waals surface area contributed by atoms with Crippen LogP contribution in [0.2, 0.25) is 0 Å². The lowest BCUT2D eigenvalue weighted by molar-refractivity contribution is -0.116. The van der Waals surface area contributed by atoms with Gasteiger partial charge in [0.15, 0.2) is 11.6 Å². The van der Waals surface area contributed by atoms with Gasteiger partial charge in [-0.15, -0.1) is 0 Å². The molecule has 6 nitrogen and oxygen atoms in total. The SMILES string of the molecule is Cc1nn(CC(C)C)c(C)c1CCC(=O)Nc1ncccc1OCC1CCCCC1. The number of nitrogens with one attached hydrogen (secondary N) is 1. The minimum Gasteiger partial charge on any atom is -0.489 e. The summed E-state index contributed by atoms with van der Waals surface area (Å²) in [5, 5.41) is 7.59. The number of carbonyl (C=O) groups excluding carboxylic acids is 1. The van der Waals surface area contributed by atoms with Crippen molar-refractivity contribution in [2.24, 2.45) is 11.8 Å². The Morgan fingerprint density at radius 3 is 2.77 bits per heavy atom. The second-order valence-corrected chi connectivity index (χ2v) is 8.94. The molecular formula is C24H36N4O2. The van der Waals surface area contributed by atoms with Crippen molar-refractivity contribution >= 4 is 11.7 Å². The van der Waals surface area contributed by atoms with Gasteiger partial charge in [-0.2, -0.15) is 5.10 Å². The maximum Gasteiger partial charge on any atom is 0.225 e. The van der Waals surface area contributed by atoms with Crippen molar-refractivity contribution in [3.8, 4) is 5.75 Å². The largest absolute Gasteiger partial charge is 0.489 e. The number of pyridine rings is 1. The number of aromatic nitrogens is 3. The van der Waals surface area contributed by atoms with Crippen molar-refractivity contribution in [1.29, 1.82) is 0 Å². The first-order valence-electron chi connectivity index (χ1n) is 11.3. The van der Waals surface area contributed by atoms with Crippen LogP contribution in [0.3, 0.4) is 0 Å². The molecule has 1 N–H and O–H groups in total. The average molecular weight is 413 g/mol. The Bertz CT molecular complexity index is 838. The van der Waals surface area contributed by atoms with Gasteiger partial charge in [-0.25, -0.2) is 4.98 Å². The molecule has 0 aliphatic heterocycles. The van der Waals surface area contributed by atoms with E-state index in [4.69, 9.17) is 4.74 Å². The molecule has 1 aliphatic rings. The van der Waals surface area contributed by atoms with E-state index in [-0.39, 0.29) is 5.91 Å². The van der Waals surface area contributed by atoms with Crippen LogP contribution < -0.4 is 10.1 Å². The topological polar surface area (TPSA) is 69.0 Å². The van der Waals surface area contributed by atoms with E-state index in [0.717, 1.165) is 17.9 Å². The Labute approximate surface area is 180 Å². The summed E-state index contributed by atoms with van der Waals surface area (Å²) in [6.45, 7) is 10.1. The Hall–Kier alpha value is -2.37.